The number of amides is 2. The van der Waals surface area contributed by atoms with E-state index in [1.165, 1.54) is 13.1 Å². The summed E-state index contributed by atoms with van der Waals surface area (Å²) < 4.78 is 6.07. The molecule has 1 heterocycles. The van der Waals surface area contributed by atoms with Crippen LogP contribution in [-0.2, 0) is 25.7 Å². The minimum atomic E-state index is -2.99. The molecule has 1 aliphatic rings. The Balaban J connectivity index is 1.76. The first-order valence-electron chi connectivity index (χ1n) is 14.3. The van der Waals surface area contributed by atoms with Crippen LogP contribution in [0.15, 0.2) is 134 Å². The van der Waals surface area contributed by atoms with Gasteiger partial charge in [-0.25, -0.2) is 4.79 Å². The number of hydrogen-bond donors (Lipinski definition) is 1. The molecule has 0 aliphatic carbocycles. The molecule has 4 aromatic carbocycles. The van der Waals surface area contributed by atoms with Gasteiger partial charge < -0.3 is 15.0 Å². The number of β-lactam (4-membered cyclic amide) rings is 1. The number of hydrogen-bond acceptors (Lipinski definition) is 5. The van der Waals surface area contributed by atoms with E-state index in [0.29, 0.717) is 16.7 Å². The highest BCUT2D eigenvalue weighted by atomic mass is 32.1. The van der Waals surface area contributed by atoms with Crippen molar-refractivity contribution in [2.24, 2.45) is 0 Å². The van der Waals surface area contributed by atoms with Crippen LogP contribution in [0.25, 0.3) is 0 Å². The van der Waals surface area contributed by atoms with Crippen molar-refractivity contribution in [1.82, 2.24) is 10.2 Å². The fourth-order valence-corrected chi connectivity index (χ4v) is 10.1. The third-order valence-electron chi connectivity index (χ3n) is 7.41. The molecule has 5 rings (SSSR count). The second kappa shape index (κ2) is 14.3. The molecular formula is C36H33N2O4PS. The number of carbonyl (C=O) groups excluding carboxylic acids is 3. The molecule has 1 saturated heterocycles. The van der Waals surface area contributed by atoms with Gasteiger partial charge in [0.1, 0.15) is 12.0 Å². The van der Waals surface area contributed by atoms with E-state index in [1.54, 1.807) is 11.0 Å². The second-order valence-corrected chi connectivity index (χ2v) is 14.2. The number of ether oxygens (including phenoxy) is 1. The van der Waals surface area contributed by atoms with Crippen LogP contribution < -0.4 is 21.2 Å². The molecule has 8 heteroatoms. The lowest BCUT2D eigenvalue weighted by Crippen LogP contribution is -2.60. The number of benzene rings is 4. The van der Waals surface area contributed by atoms with Crippen LogP contribution in [-0.4, -0.2) is 39.0 Å². The zero-order chi connectivity index (χ0) is 30.9. The SMILES string of the molecule is CC(=O)NC=CC(=S)CC1CC(=O)N1C(C(=O)OCc1ccccc1)=P(c1ccccc1)(c1ccccc1)c1ccccc1. The number of allylic oxidation sites excluding steroid dienone is 1. The minimum Gasteiger partial charge on any atom is -0.456 e. The van der Waals surface area contributed by atoms with E-state index in [2.05, 4.69) is 5.32 Å². The van der Waals surface area contributed by atoms with Gasteiger partial charge in [0.05, 0.1) is 6.04 Å². The molecule has 4 aromatic rings. The first-order chi connectivity index (χ1) is 21.4. The van der Waals surface area contributed by atoms with Gasteiger partial charge in [-0.15, -0.1) is 0 Å². The predicted molar refractivity (Wildman–Crippen MR) is 182 cm³/mol. The zero-order valence-electron chi connectivity index (χ0n) is 24.3. The smallest absolute Gasteiger partial charge is 0.356 e. The average molecular weight is 621 g/mol. The standard InChI is InChI=1S/C36H33N2O4PS/c1-27(39)37-23-22-33(44)24-29-25-34(40)38(29)35(36(41)42-26-28-14-6-2-7-15-28)43(30-16-8-3-9-17-30,31-18-10-4-11-19-31)32-20-12-5-13-21-32/h2-23,29H,24-26H2,1H3,(H,37,39). The van der Waals surface area contributed by atoms with Crippen molar-refractivity contribution in [1.29, 1.82) is 0 Å². The van der Waals surface area contributed by atoms with Gasteiger partial charge in [-0.05, 0) is 27.6 Å². The van der Waals surface area contributed by atoms with Crippen LogP contribution in [0.2, 0.25) is 0 Å². The summed E-state index contributed by atoms with van der Waals surface area (Å²) in [6.45, 7) is -1.51. The molecular weight excluding hydrogens is 587 g/mol. The lowest BCUT2D eigenvalue weighted by Gasteiger charge is -2.45. The first kappa shape index (κ1) is 30.9. The molecule has 6 nitrogen and oxygen atoms in total. The molecule has 1 atom stereocenters. The van der Waals surface area contributed by atoms with Gasteiger partial charge in [-0.2, -0.15) is 0 Å². The van der Waals surface area contributed by atoms with Gasteiger partial charge in [-0.1, -0.05) is 134 Å². The normalized spacial score (nSPS) is 14.5. The molecule has 1 unspecified atom stereocenters. The van der Waals surface area contributed by atoms with Gasteiger partial charge in [0.15, 0.2) is 0 Å². The van der Waals surface area contributed by atoms with Crippen LogP contribution in [0.1, 0.15) is 25.3 Å². The summed E-state index contributed by atoms with van der Waals surface area (Å²) in [6.07, 6.45) is 3.75. The quantitative estimate of drug-likeness (QED) is 0.0853. The van der Waals surface area contributed by atoms with E-state index >= 15 is 0 Å². The molecule has 222 valence electrons. The Kier molecular flexibility index (Phi) is 10.0. The average Bonchev–Trinajstić information content (AvgIpc) is 3.05. The summed E-state index contributed by atoms with van der Waals surface area (Å²) >= 11 is 5.62. The fourth-order valence-electron chi connectivity index (χ4n) is 5.44. The number of esters is 1. The zero-order valence-corrected chi connectivity index (χ0v) is 26.0. The lowest BCUT2D eigenvalue weighted by molar-refractivity contribution is -0.144. The Bertz CT molecular complexity index is 1620. The van der Waals surface area contributed by atoms with Crippen molar-refractivity contribution in [2.45, 2.75) is 32.4 Å². The Morgan fingerprint density at radius 2 is 1.32 bits per heavy atom. The van der Waals surface area contributed by atoms with Gasteiger partial charge in [0.2, 0.25) is 11.8 Å². The van der Waals surface area contributed by atoms with E-state index in [-0.39, 0.29) is 30.9 Å². The maximum atomic E-state index is 14.6. The van der Waals surface area contributed by atoms with Crippen molar-refractivity contribution in [2.75, 3.05) is 0 Å². The molecule has 0 saturated carbocycles. The number of carbonyl (C=O) groups is 3. The topological polar surface area (TPSA) is 75.7 Å². The maximum Gasteiger partial charge on any atom is 0.356 e. The maximum absolute atomic E-state index is 14.6. The molecule has 44 heavy (non-hydrogen) atoms. The Morgan fingerprint density at radius 3 is 1.77 bits per heavy atom. The monoisotopic (exact) mass is 620 g/mol. The highest BCUT2D eigenvalue weighted by Crippen LogP contribution is 2.49. The molecule has 1 N–H and O–H groups in total. The number of nitrogens with zero attached hydrogens (tertiary/aromatic N) is 1. The Labute approximate surface area is 263 Å². The Morgan fingerprint density at radius 1 is 0.841 bits per heavy atom. The van der Waals surface area contributed by atoms with Crippen LogP contribution >= 0.6 is 19.1 Å². The van der Waals surface area contributed by atoms with E-state index in [0.717, 1.165) is 21.5 Å². The van der Waals surface area contributed by atoms with E-state index in [1.807, 2.05) is 121 Å². The largest absolute Gasteiger partial charge is 0.456 e. The van der Waals surface area contributed by atoms with Crippen molar-refractivity contribution < 1.29 is 19.1 Å². The fraction of sp³-hybridized carbons (Fsp3) is 0.139. The first-order valence-corrected chi connectivity index (χ1v) is 16.5. The Hall–Kier alpha value is -4.58. The number of likely N-dealkylation sites (tertiary alicyclic amines) is 1. The van der Waals surface area contributed by atoms with Crippen LogP contribution in [0.4, 0.5) is 0 Å². The predicted octanol–water partition coefficient (Wildman–Crippen LogP) is 4.86. The van der Waals surface area contributed by atoms with Crippen LogP contribution in [0.3, 0.4) is 0 Å². The molecule has 2 amide bonds. The summed E-state index contributed by atoms with van der Waals surface area (Å²) in [5.74, 6) is -0.914. The highest BCUT2D eigenvalue weighted by Gasteiger charge is 2.47. The van der Waals surface area contributed by atoms with Crippen molar-refractivity contribution in [3.63, 3.8) is 0 Å². The summed E-state index contributed by atoms with van der Waals surface area (Å²) in [6, 6.07) is 38.9. The molecule has 1 fully saturated rings. The molecule has 1 aliphatic heterocycles. The molecule has 0 aromatic heterocycles. The third kappa shape index (κ3) is 6.65. The van der Waals surface area contributed by atoms with E-state index < -0.39 is 12.9 Å². The lowest BCUT2D eigenvalue weighted by atomic mass is 9.97. The summed E-state index contributed by atoms with van der Waals surface area (Å²) in [4.78, 5) is 41.8. The summed E-state index contributed by atoms with van der Waals surface area (Å²) in [5.41, 5.74) is 1.17. The third-order valence-corrected chi connectivity index (χ3v) is 12.0. The highest BCUT2D eigenvalue weighted by molar-refractivity contribution is 7.96. The van der Waals surface area contributed by atoms with Gasteiger partial charge in [0, 0.05) is 37.7 Å². The number of rotatable bonds is 11. The van der Waals surface area contributed by atoms with E-state index in [9.17, 15) is 14.4 Å². The van der Waals surface area contributed by atoms with Crippen molar-refractivity contribution >= 4 is 63.1 Å². The number of nitrogens with one attached hydrogen (secondary N) is 1. The molecule has 0 radical (unpaired) electrons. The summed E-state index contributed by atoms with van der Waals surface area (Å²) in [7, 11) is 0. The number of thiocarbonyl (C=S) groups is 1. The summed E-state index contributed by atoms with van der Waals surface area (Å²) in [5, 5.41) is 5.39. The van der Waals surface area contributed by atoms with E-state index in [4.69, 9.17) is 17.0 Å². The second-order valence-electron chi connectivity index (χ2n) is 10.4. The molecule has 0 bridgehead atoms. The van der Waals surface area contributed by atoms with Gasteiger partial charge >= 0.3 is 5.97 Å². The van der Waals surface area contributed by atoms with Crippen LogP contribution in [0, 0.1) is 0 Å². The minimum absolute atomic E-state index is 0.0616. The van der Waals surface area contributed by atoms with Crippen LogP contribution in [0.5, 0.6) is 0 Å². The van der Waals surface area contributed by atoms with Gasteiger partial charge in [-0.3, -0.25) is 9.59 Å². The van der Waals surface area contributed by atoms with Crippen molar-refractivity contribution in [3.05, 3.63) is 139 Å². The molecule has 0 spiro atoms. The van der Waals surface area contributed by atoms with Gasteiger partial charge in [0.25, 0.3) is 0 Å². The van der Waals surface area contributed by atoms with Crippen molar-refractivity contribution in [3.8, 4) is 0 Å².